The number of Topliss-reactive ketones (excluding diaryl/α,β-unsaturated/α-hetero) is 1. The van der Waals surface area contributed by atoms with Crippen LogP contribution in [0.3, 0.4) is 0 Å². The van der Waals surface area contributed by atoms with E-state index in [1.54, 1.807) is 6.26 Å². The summed E-state index contributed by atoms with van der Waals surface area (Å²) in [6.07, 6.45) is 6.15. The molecule has 2 aliphatic carbocycles. The first-order valence-electron chi connectivity index (χ1n) is 10.7. The molecule has 4 rings (SSSR count). The first-order chi connectivity index (χ1) is 15.3. The van der Waals surface area contributed by atoms with Crippen molar-refractivity contribution in [2.75, 3.05) is 11.1 Å². The van der Waals surface area contributed by atoms with Gasteiger partial charge in [0, 0.05) is 12.3 Å². The Bertz CT molecular complexity index is 1140. The Kier molecular flexibility index (Phi) is 6.48. The Morgan fingerprint density at radius 3 is 2.72 bits per heavy atom. The molecule has 1 aromatic heterocycles. The lowest BCUT2D eigenvalue weighted by Crippen LogP contribution is -2.34. The van der Waals surface area contributed by atoms with Crippen LogP contribution in [0.15, 0.2) is 33.8 Å². The lowest BCUT2D eigenvalue weighted by Gasteiger charge is -2.22. The van der Waals surface area contributed by atoms with Crippen molar-refractivity contribution < 1.29 is 27.5 Å². The molecule has 2 amide bonds. The number of halogens is 1. The fourth-order valence-electron chi connectivity index (χ4n) is 4.03. The maximum absolute atomic E-state index is 12.8. The predicted octanol–water partition coefficient (Wildman–Crippen LogP) is 4.37. The average Bonchev–Trinajstić information content (AvgIpc) is 3.47. The van der Waals surface area contributed by atoms with Crippen LogP contribution >= 0.6 is 11.6 Å². The summed E-state index contributed by atoms with van der Waals surface area (Å²) in [5.41, 5.74) is 0.972. The molecule has 0 unspecified atom stereocenters. The number of fused-ring (bicyclic) bond motifs is 1. The first-order valence-corrected chi connectivity index (χ1v) is 12.7. The lowest BCUT2D eigenvalue weighted by atomic mass is 9.94. The molecule has 8 nitrogen and oxygen atoms in total. The number of carbonyl (C=O) groups is 2. The number of carbonyl (C=O) groups excluding carboxylic acids is 2. The number of amides is 2. The number of hydrogen-bond donors (Lipinski definition) is 3. The van der Waals surface area contributed by atoms with Crippen LogP contribution in [0.4, 0.5) is 10.5 Å². The van der Waals surface area contributed by atoms with Gasteiger partial charge in [-0.25, -0.2) is 13.2 Å². The SMILES string of the molecule is O=C(Nc1ccc(Cl)c(S(=O)(=O)CCCC(=O)C2CC2)c1O)N[C@H]1CCCc2ccoc21. The van der Waals surface area contributed by atoms with Gasteiger partial charge >= 0.3 is 6.03 Å². The average molecular weight is 481 g/mol. The summed E-state index contributed by atoms with van der Waals surface area (Å²) < 4.78 is 31.1. The van der Waals surface area contributed by atoms with E-state index in [9.17, 15) is 23.1 Å². The molecule has 2 aliphatic rings. The van der Waals surface area contributed by atoms with Gasteiger partial charge in [0.1, 0.15) is 16.4 Å². The van der Waals surface area contributed by atoms with E-state index >= 15 is 0 Å². The molecule has 1 aromatic carbocycles. The molecule has 0 bridgehead atoms. The van der Waals surface area contributed by atoms with Crippen molar-refractivity contribution in [3.63, 3.8) is 0 Å². The minimum atomic E-state index is -3.96. The number of nitrogens with one attached hydrogen (secondary N) is 2. The Balaban J connectivity index is 1.44. The van der Waals surface area contributed by atoms with Gasteiger partial charge in [-0.2, -0.15) is 0 Å². The molecule has 3 N–H and O–H groups in total. The number of aryl methyl sites for hydroxylation is 1. The van der Waals surface area contributed by atoms with E-state index in [0.717, 1.165) is 31.2 Å². The molecule has 0 aliphatic heterocycles. The summed E-state index contributed by atoms with van der Waals surface area (Å²) in [5, 5.41) is 15.8. The van der Waals surface area contributed by atoms with Gasteiger partial charge in [0.25, 0.3) is 0 Å². The van der Waals surface area contributed by atoms with Crippen molar-refractivity contribution in [3.05, 3.63) is 40.8 Å². The molecule has 1 saturated carbocycles. The van der Waals surface area contributed by atoms with Crippen LogP contribution in [0, 0.1) is 5.92 Å². The second kappa shape index (κ2) is 9.15. The quantitative estimate of drug-likeness (QED) is 0.481. The van der Waals surface area contributed by atoms with E-state index in [1.165, 1.54) is 12.1 Å². The number of urea groups is 1. The monoisotopic (exact) mass is 480 g/mol. The molecule has 1 heterocycles. The number of aromatic hydroxyl groups is 1. The highest BCUT2D eigenvalue weighted by Crippen LogP contribution is 2.38. The number of anilines is 1. The number of phenols is 1. The van der Waals surface area contributed by atoms with Gasteiger partial charge in [0.2, 0.25) is 0 Å². The normalized spacial score (nSPS) is 18.1. The predicted molar refractivity (Wildman–Crippen MR) is 119 cm³/mol. The fourth-order valence-corrected chi connectivity index (χ4v) is 6.04. The number of sulfone groups is 1. The van der Waals surface area contributed by atoms with Crippen molar-refractivity contribution in [2.24, 2.45) is 5.92 Å². The van der Waals surface area contributed by atoms with E-state index in [0.29, 0.717) is 12.2 Å². The second-order valence-corrected chi connectivity index (χ2v) is 10.7. The van der Waals surface area contributed by atoms with Crippen LogP contribution < -0.4 is 10.6 Å². The molecule has 2 aromatic rings. The number of rotatable bonds is 8. The van der Waals surface area contributed by atoms with Crippen LogP contribution in [-0.2, 0) is 21.1 Å². The third-order valence-electron chi connectivity index (χ3n) is 5.85. The highest BCUT2D eigenvalue weighted by Gasteiger charge is 2.30. The molecular weight excluding hydrogens is 456 g/mol. The van der Waals surface area contributed by atoms with Gasteiger partial charge in [-0.05, 0) is 62.3 Å². The molecule has 32 heavy (non-hydrogen) atoms. The molecule has 1 atom stereocenters. The van der Waals surface area contributed by atoms with E-state index < -0.39 is 26.5 Å². The Morgan fingerprint density at radius 2 is 1.97 bits per heavy atom. The highest BCUT2D eigenvalue weighted by molar-refractivity contribution is 7.91. The molecule has 172 valence electrons. The zero-order valence-corrected chi connectivity index (χ0v) is 19.0. The third kappa shape index (κ3) is 4.94. The fraction of sp³-hybridized carbons (Fsp3) is 0.455. The maximum atomic E-state index is 12.8. The van der Waals surface area contributed by atoms with Crippen molar-refractivity contribution in [1.82, 2.24) is 5.32 Å². The molecule has 1 fully saturated rings. The summed E-state index contributed by atoms with van der Waals surface area (Å²) >= 11 is 6.08. The third-order valence-corrected chi connectivity index (χ3v) is 8.14. The Hall–Kier alpha value is -2.52. The van der Waals surface area contributed by atoms with Crippen molar-refractivity contribution >= 4 is 38.9 Å². The molecule has 0 spiro atoms. The van der Waals surface area contributed by atoms with Crippen molar-refractivity contribution in [3.8, 4) is 5.75 Å². The minimum absolute atomic E-state index is 0.0714. The zero-order chi connectivity index (χ0) is 22.9. The number of hydrogen-bond acceptors (Lipinski definition) is 6. The number of benzene rings is 1. The van der Waals surface area contributed by atoms with Gasteiger partial charge in [0.05, 0.1) is 28.8 Å². The van der Waals surface area contributed by atoms with Crippen LogP contribution in [0.2, 0.25) is 5.02 Å². The van der Waals surface area contributed by atoms with Crippen LogP contribution in [0.25, 0.3) is 0 Å². The largest absolute Gasteiger partial charge is 0.504 e. The molecule has 0 saturated heterocycles. The maximum Gasteiger partial charge on any atom is 0.319 e. The molecular formula is C22H25ClN2O6S. The summed E-state index contributed by atoms with van der Waals surface area (Å²) in [6.45, 7) is 0. The Labute approximate surface area is 191 Å². The second-order valence-electron chi connectivity index (χ2n) is 8.29. The summed E-state index contributed by atoms with van der Waals surface area (Å²) in [5.74, 6) is -0.0935. The van der Waals surface area contributed by atoms with Crippen LogP contribution in [0.1, 0.15) is 55.9 Å². The number of phenolic OH excluding ortho intramolecular Hbond substituents is 1. The van der Waals surface area contributed by atoms with Gasteiger partial charge in [0.15, 0.2) is 15.6 Å². The highest BCUT2D eigenvalue weighted by atomic mass is 35.5. The molecule has 0 radical (unpaired) electrons. The van der Waals surface area contributed by atoms with Crippen LogP contribution in [-0.4, -0.2) is 31.1 Å². The van der Waals surface area contributed by atoms with Gasteiger partial charge < -0.3 is 20.2 Å². The Morgan fingerprint density at radius 1 is 1.19 bits per heavy atom. The smallest absolute Gasteiger partial charge is 0.319 e. The minimum Gasteiger partial charge on any atom is -0.504 e. The van der Waals surface area contributed by atoms with Crippen molar-refractivity contribution in [1.29, 1.82) is 0 Å². The van der Waals surface area contributed by atoms with E-state index in [4.69, 9.17) is 16.0 Å². The summed E-state index contributed by atoms with van der Waals surface area (Å²) in [6, 6.07) is 3.61. The van der Waals surface area contributed by atoms with Gasteiger partial charge in [-0.15, -0.1) is 0 Å². The van der Waals surface area contributed by atoms with E-state index in [2.05, 4.69) is 10.6 Å². The number of furan rings is 1. The van der Waals surface area contributed by atoms with E-state index in [-0.39, 0.29) is 47.0 Å². The standard InChI is InChI=1S/C22H25ClN2O6S/c23-15-8-9-16(24-22(28)25-17-4-1-3-14-10-11-31-20(14)17)19(27)21(15)32(29,30)12-2-5-18(26)13-6-7-13/h8-11,13,17,27H,1-7,12H2,(H2,24,25,28)/t17-/m0/s1. The van der Waals surface area contributed by atoms with Crippen molar-refractivity contribution in [2.45, 2.75) is 55.9 Å². The summed E-state index contributed by atoms with van der Waals surface area (Å²) in [7, 11) is -3.96. The van der Waals surface area contributed by atoms with Gasteiger partial charge in [-0.3, -0.25) is 4.79 Å². The van der Waals surface area contributed by atoms with Gasteiger partial charge in [-0.1, -0.05) is 11.6 Å². The molecule has 10 heteroatoms. The lowest BCUT2D eigenvalue weighted by molar-refractivity contribution is -0.120. The van der Waals surface area contributed by atoms with E-state index in [1.807, 2.05) is 6.07 Å². The van der Waals surface area contributed by atoms with Crippen LogP contribution in [0.5, 0.6) is 5.75 Å². The number of ketones is 1. The first kappa shape index (κ1) is 22.7. The zero-order valence-electron chi connectivity index (χ0n) is 17.4. The summed E-state index contributed by atoms with van der Waals surface area (Å²) in [4.78, 5) is 23.9. The topological polar surface area (TPSA) is 126 Å².